The highest BCUT2D eigenvalue weighted by Crippen LogP contribution is 2.37. The highest BCUT2D eigenvalue weighted by Gasteiger charge is 2.47. The number of hydrogen-bond donors (Lipinski definition) is 1. The molecule has 2 amide bonds. The van der Waals surface area contributed by atoms with Crippen molar-refractivity contribution in [2.45, 2.75) is 12.8 Å². The fourth-order valence-electron chi connectivity index (χ4n) is 1.43. The summed E-state index contributed by atoms with van der Waals surface area (Å²) in [6.07, 6.45) is 1.81. The minimum Gasteiger partial charge on any atom is -0.296 e. The van der Waals surface area contributed by atoms with Gasteiger partial charge in [0.25, 0.3) is 0 Å². The number of carbonyl (C=O) groups is 2. The Balaban J connectivity index is 2.26. The first-order valence-corrected chi connectivity index (χ1v) is 3.14. The molecule has 0 aromatic heterocycles. The predicted molar refractivity (Wildman–Crippen MR) is 29.4 cm³/mol. The van der Waals surface area contributed by atoms with Gasteiger partial charge in [0.2, 0.25) is 11.8 Å². The number of imide groups is 1. The quantitative estimate of drug-likeness (QED) is 0.450. The second kappa shape index (κ2) is 1.35. The molecule has 3 nitrogen and oxygen atoms in total. The van der Waals surface area contributed by atoms with Crippen molar-refractivity contribution < 1.29 is 9.59 Å². The van der Waals surface area contributed by atoms with Crippen LogP contribution in [0.1, 0.15) is 12.8 Å². The van der Waals surface area contributed by atoms with Crippen molar-refractivity contribution in [2.24, 2.45) is 11.8 Å². The number of nitrogens with one attached hydrogen (secondary N) is 1. The maximum atomic E-state index is 10.7. The van der Waals surface area contributed by atoms with Gasteiger partial charge in [0.15, 0.2) is 0 Å². The Kier molecular flexibility index (Phi) is 0.743. The molecule has 0 spiro atoms. The van der Waals surface area contributed by atoms with Gasteiger partial charge in [-0.1, -0.05) is 0 Å². The van der Waals surface area contributed by atoms with E-state index in [0.29, 0.717) is 0 Å². The summed E-state index contributed by atoms with van der Waals surface area (Å²) in [5.74, 6) is -0.0394. The Labute approximate surface area is 52.4 Å². The van der Waals surface area contributed by atoms with Gasteiger partial charge in [0.1, 0.15) is 0 Å². The third kappa shape index (κ3) is 0.465. The van der Waals surface area contributed by atoms with E-state index in [2.05, 4.69) is 5.32 Å². The lowest BCUT2D eigenvalue weighted by atomic mass is 9.76. The van der Waals surface area contributed by atoms with Crippen LogP contribution >= 0.6 is 0 Å². The van der Waals surface area contributed by atoms with E-state index in [0.717, 1.165) is 12.8 Å². The number of carbonyl (C=O) groups excluding carboxylic acids is 2. The summed E-state index contributed by atoms with van der Waals surface area (Å²) in [7, 11) is 0. The smallest absolute Gasteiger partial charge is 0.230 e. The van der Waals surface area contributed by atoms with Crippen LogP contribution in [0.5, 0.6) is 0 Å². The first-order chi connectivity index (χ1) is 4.29. The van der Waals surface area contributed by atoms with Crippen molar-refractivity contribution in [1.82, 2.24) is 5.32 Å². The summed E-state index contributed by atoms with van der Waals surface area (Å²) >= 11 is 0. The summed E-state index contributed by atoms with van der Waals surface area (Å²) < 4.78 is 0. The second-order valence-electron chi connectivity index (χ2n) is 2.64. The van der Waals surface area contributed by atoms with Gasteiger partial charge in [-0.25, -0.2) is 0 Å². The molecule has 0 radical (unpaired) electrons. The fourth-order valence-corrected chi connectivity index (χ4v) is 1.43. The largest absolute Gasteiger partial charge is 0.296 e. The number of hydrogen-bond acceptors (Lipinski definition) is 2. The van der Waals surface area contributed by atoms with E-state index in [9.17, 15) is 9.59 Å². The maximum Gasteiger partial charge on any atom is 0.230 e. The molecule has 2 atom stereocenters. The van der Waals surface area contributed by atoms with Crippen LogP contribution in [0.4, 0.5) is 0 Å². The molecule has 3 heteroatoms. The lowest BCUT2D eigenvalue weighted by molar-refractivity contribution is -0.125. The number of fused-ring (bicyclic) bond motifs is 1. The zero-order chi connectivity index (χ0) is 6.43. The minimum absolute atomic E-state index is 0.0394. The standard InChI is InChI=1S/C6H7NO2/c8-5-3-1-2-4(3)6(9)7-5/h3-4H,1-2H2,(H,7,8,9). The number of rotatable bonds is 0. The van der Waals surface area contributed by atoms with Gasteiger partial charge < -0.3 is 0 Å². The molecular formula is C6H7NO2. The summed E-state index contributed by atoms with van der Waals surface area (Å²) in [5, 5.41) is 2.30. The van der Waals surface area contributed by atoms with Crippen LogP contribution in [0.15, 0.2) is 0 Å². The van der Waals surface area contributed by atoms with Crippen molar-refractivity contribution in [3.63, 3.8) is 0 Å². The molecule has 1 heterocycles. The van der Waals surface area contributed by atoms with Gasteiger partial charge in [-0.2, -0.15) is 0 Å². The fraction of sp³-hybridized carbons (Fsp3) is 0.667. The normalized spacial score (nSPS) is 39.6. The Bertz CT molecular complexity index is 167. The minimum atomic E-state index is -0.0590. The van der Waals surface area contributed by atoms with Crippen LogP contribution in [-0.2, 0) is 9.59 Å². The van der Waals surface area contributed by atoms with E-state index in [1.807, 2.05) is 0 Å². The average molecular weight is 125 g/mol. The molecule has 1 saturated heterocycles. The van der Waals surface area contributed by atoms with Gasteiger partial charge in [-0.15, -0.1) is 0 Å². The van der Waals surface area contributed by atoms with Crippen LogP contribution in [0.25, 0.3) is 0 Å². The highest BCUT2D eigenvalue weighted by molar-refractivity contribution is 6.06. The Morgan fingerprint density at radius 3 is 1.78 bits per heavy atom. The van der Waals surface area contributed by atoms with E-state index in [-0.39, 0.29) is 23.7 Å². The zero-order valence-corrected chi connectivity index (χ0v) is 4.89. The first-order valence-electron chi connectivity index (χ1n) is 3.14. The lowest BCUT2D eigenvalue weighted by Gasteiger charge is -2.24. The predicted octanol–water partition coefficient (Wildman–Crippen LogP) is -0.331. The SMILES string of the molecule is O=C1NC(=O)C2CCC12. The molecule has 1 aliphatic carbocycles. The molecule has 1 N–H and O–H groups in total. The monoisotopic (exact) mass is 125 g/mol. The zero-order valence-electron chi connectivity index (χ0n) is 4.89. The van der Waals surface area contributed by atoms with E-state index in [1.165, 1.54) is 0 Å². The van der Waals surface area contributed by atoms with Crippen molar-refractivity contribution in [3.8, 4) is 0 Å². The highest BCUT2D eigenvalue weighted by atomic mass is 16.2. The van der Waals surface area contributed by atoms with Gasteiger partial charge in [0.05, 0.1) is 0 Å². The van der Waals surface area contributed by atoms with E-state index >= 15 is 0 Å². The molecule has 1 saturated carbocycles. The van der Waals surface area contributed by atoms with Crippen LogP contribution in [-0.4, -0.2) is 11.8 Å². The van der Waals surface area contributed by atoms with Gasteiger partial charge in [0, 0.05) is 11.8 Å². The molecule has 1 aliphatic heterocycles. The molecule has 2 rings (SSSR count). The van der Waals surface area contributed by atoms with Crippen molar-refractivity contribution in [3.05, 3.63) is 0 Å². The Morgan fingerprint density at radius 2 is 1.56 bits per heavy atom. The third-order valence-electron chi connectivity index (χ3n) is 2.19. The van der Waals surface area contributed by atoms with Crippen LogP contribution in [0, 0.1) is 11.8 Å². The summed E-state index contributed by atoms with van der Waals surface area (Å²) in [5.41, 5.74) is 0. The van der Waals surface area contributed by atoms with E-state index in [4.69, 9.17) is 0 Å². The molecule has 0 aromatic carbocycles. The molecule has 9 heavy (non-hydrogen) atoms. The Hall–Kier alpha value is -0.860. The van der Waals surface area contributed by atoms with Gasteiger partial charge >= 0.3 is 0 Å². The number of amides is 2. The topological polar surface area (TPSA) is 46.2 Å². The van der Waals surface area contributed by atoms with Crippen molar-refractivity contribution in [2.75, 3.05) is 0 Å². The molecule has 0 aromatic rings. The summed E-state index contributed by atoms with van der Waals surface area (Å²) in [6.45, 7) is 0. The van der Waals surface area contributed by atoms with Crippen LogP contribution in [0.2, 0.25) is 0 Å². The van der Waals surface area contributed by atoms with Crippen molar-refractivity contribution >= 4 is 11.8 Å². The molecule has 48 valence electrons. The van der Waals surface area contributed by atoms with Crippen LogP contribution < -0.4 is 5.32 Å². The molecule has 2 aliphatic rings. The summed E-state index contributed by atoms with van der Waals surface area (Å²) in [6, 6.07) is 0. The van der Waals surface area contributed by atoms with Crippen LogP contribution in [0.3, 0.4) is 0 Å². The lowest BCUT2D eigenvalue weighted by Crippen LogP contribution is -2.27. The van der Waals surface area contributed by atoms with Gasteiger partial charge in [-0.3, -0.25) is 14.9 Å². The molecule has 2 fully saturated rings. The molecule has 0 bridgehead atoms. The summed E-state index contributed by atoms with van der Waals surface area (Å²) in [4.78, 5) is 21.4. The van der Waals surface area contributed by atoms with E-state index in [1.54, 1.807) is 0 Å². The third-order valence-corrected chi connectivity index (χ3v) is 2.19. The van der Waals surface area contributed by atoms with Gasteiger partial charge in [-0.05, 0) is 12.8 Å². The van der Waals surface area contributed by atoms with Crippen molar-refractivity contribution in [1.29, 1.82) is 0 Å². The van der Waals surface area contributed by atoms with E-state index < -0.39 is 0 Å². The first kappa shape index (κ1) is 4.97. The second-order valence-corrected chi connectivity index (χ2v) is 2.64. The molecular weight excluding hydrogens is 118 g/mol. The Morgan fingerprint density at radius 1 is 1.11 bits per heavy atom. The average Bonchev–Trinajstić information content (AvgIpc) is 1.73. The maximum absolute atomic E-state index is 10.7. The molecule has 2 unspecified atom stereocenters.